The lowest BCUT2D eigenvalue weighted by atomic mass is 9.98. The molecule has 0 spiro atoms. The van der Waals surface area contributed by atoms with Gasteiger partial charge >= 0.3 is 6.09 Å². The van der Waals surface area contributed by atoms with Crippen molar-refractivity contribution in [1.29, 1.82) is 0 Å². The van der Waals surface area contributed by atoms with E-state index in [4.69, 9.17) is 16.3 Å². The van der Waals surface area contributed by atoms with Crippen LogP contribution in [-0.4, -0.2) is 42.9 Å². The maximum Gasteiger partial charge on any atom is 0.411 e. The van der Waals surface area contributed by atoms with E-state index in [1.165, 1.54) is 12.8 Å². The maximum atomic E-state index is 12.7. The largest absolute Gasteiger partial charge is 1.00 e. The number of hydrogen-bond acceptors (Lipinski definition) is 2. The monoisotopic (exact) mass is 478 g/mol. The van der Waals surface area contributed by atoms with Crippen LogP contribution >= 0.6 is 11.6 Å². The van der Waals surface area contributed by atoms with Crippen LogP contribution in [0.4, 0.5) is 10.5 Å². The van der Waals surface area contributed by atoms with Gasteiger partial charge in [-0.1, -0.05) is 41.9 Å². The van der Waals surface area contributed by atoms with Gasteiger partial charge in [0, 0.05) is 36.3 Å². The van der Waals surface area contributed by atoms with Crippen molar-refractivity contribution in [2.24, 2.45) is 0 Å². The molecule has 0 aromatic heterocycles. The summed E-state index contributed by atoms with van der Waals surface area (Å²) in [6.07, 6.45) is 4.00. The number of aryl methyl sites for hydroxylation is 1. The Balaban J connectivity index is 0.00000240. The molecule has 2 aromatic carbocycles. The third-order valence-corrected chi connectivity index (χ3v) is 6.93. The first-order chi connectivity index (χ1) is 13.3. The van der Waals surface area contributed by atoms with Gasteiger partial charge in [0.05, 0.1) is 31.9 Å². The summed E-state index contributed by atoms with van der Waals surface area (Å²) >= 11 is 6.16. The number of amides is 1. The number of benzene rings is 2. The molecule has 3 atom stereocenters. The average molecular weight is 480 g/mol. The van der Waals surface area contributed by atoms with Gasteiger partial charge in [-0.2, -0.15) is 0 Å². The molecule has 2 bridgehead atoms. The van der Waals surface area contributed by atoms with E-state index in [0.29, 0.717) is 17.1 Å². The van der Waals surface area contributed by atoms with Crippen molar-refractivity contribution < 1.29 is 31.0 Å². The zero-order valence-electron chi connectivity index (χ0n) is 17.1. The van der Waals surface area contributed by atoms with Gasteiger partial charge in [-0.15, -0.1) is 0 Å². The molecular formula is C23H28BrClN2O2. The first-order valence-electron chi connectivity index (χ1n) is 10.0. The normalized spacial score (nSPS) is 24.5. The SMILES string of the molecule is Cc1cccc(-c2cccc(Cl)c2)c1NC(=O)OC1C[C@H]2CC[C@@H](C1)[N+]2(C)C.[Br-]. The summed E-state index contributed by atoms with van der Waals surface area (Å²) in [5.74, 6) is 0. The summed E-state index contributed by atoms with van der Waals surface area (Å²) in [5.41, 5.74) is 3.70. The number of quaternary nitrogens is 1. The molecule has 1 unspecified atom stereocenters. The number of hydrogen-bond donors (Lipinski definition) is 1. The van der Waals surface area contributed by atoms with Crippen LogP contribution in [0, 0.1) is 6.92 Å². The second-order valence-corrected chi connectivity index (χ2v) is 9.08. The number of anilines is 1. The highest BCUT2D eigenvalue weighted by atomic mass is 79.9. The van der Waals surface area contributed by atoms with Crippen molar-refractivity contribution in [3.63, 3.8) is 0 Å². The fourth-order valence-corrected chi connectivity index (χ4v) is 5.13. The minimum atomic E-state index is -0.366. The Hall–Kier alpha value is -1.56. The van der Waals surface area contributed by atoms with Gasteiger partial charge in [0.15, 0.2) is 0 Å². The molecule has 6 heteroatoms. The average Bonchev–Trinajstić information content (AvgIpc) is 2.81. The van der Waals surface area contributed by atoms with E-state index in [1.54, 1.807) is 0 Å². The van der Waals surface area contributed by atoms with Crippen LogP contribution in [-0.2, 0) is 4.74 Å². The maximum absolute atomic E-state index is 12.7. The van der Waals surface area contributed by atoms with Crippen LogP contribution in [0.3, 0.4) is 0 Å². The van der Waals surface area contributed by atoms with Gasteiger partial charge < -0.3 is 26.2 Å². The minimum absolute atomic E-state index is 0. The quantitative estimate of drug-likeness (QED) is 0.688. The molecule has 2 saturated heterocycles. The predicted molar refractivity (Wildman–Crippen MR) is 114 cm³/mol. The topological polar surface area (TPSA) is 38.3 Å². The summed E-state index contributed by atoms with van der Waals surface area (Å²) in [4.78, 5) is 12.7. The molecule has 0 saturated carbocycles. The number of ether oxygens (including phenoxy) is 1. The first-order valence-corrected chi connectivity index (χ1v) is 10.4. The molecule has 4 rings (SSSR count). The van der Waals surface area contributed by atoms with Crippen molar-refractivity contribution in [3.05, 3.63) is 53.1 Å². The number of halogens is 2. The van der Waals surface area contributed by atoms with Crippen LogP contribution in [0.15, 0.2) is 42.5 Å². The van der Waals surface area contributed by atoms with Gasteiger partial charge in [0.1, 0.15) is 6.10 Å². The van der Waals surface area contributed by atoms with Crippen molar-refractivity contribution in [1.82, 2.24) is 0 Å². The second kappa shape index (κ2) is 8.66. The molecule has 0 aliphatic carbocycles. The Labute approximate surface area is 188 Å². The Kier molecular flexibility index (Phi) is 6.61. The number of fused-ring (bicyclic) bond motifs is 2. The smallest absolute Gasteiger partial charge is 0.411 e. The molecular weight excluding hydrogens is 452 g/mol. The number of carbonyl (C=O) groups is 1. The summed E-state index contributed by atoms with van der Waals surface area (Å²) in [5, 5.41) is 3.68. The van der Waals surface area contributed by atoms with E-state index < -0.39 is 0 Å². The van der Waals surface area contributed by atoms with E-state index >= 15 is 0 Å². The number of nitrogens with one attached hydrogen (secondary N) is 1. The first kappa shape index (κ1) is 22.1. The van der Waals surface area contributed by atoms with Crippen LogP contribution in [0.25, 0.3) is 11.1 Å². The summed E-state index contributed by atoms with van der Waals surface area (Å²) < 4.78 is 6.92. The van der Waals surface area contributed by atoms with Crippen molar-refractivity contribution in [3.8, 4) is 11.1 Å². The Bertz CT molecular complexity index is 886. The summed E-state index contributed by atoms with van der Waals surface area (Å²) in [6.45, 7) is 1.99. The second-order valence-electron chi connectivity index (χ2n) is 8.65. The Morgan fingerprint density at radius 3 is 2.41 bits per heavy atom. The Morgan fingerprint density at radius 1 is 1.10 bits per heavy atom. The highest BCUT2D eigenvalue weighted by Gasteiger charge is 2.49. The molecule has 156 valence electrons. The lowest BCUT2D eigenvalue weighted by Gasteiger charge is -2.43. The highest BCUT2D eigenvalue weighted by Crippen LogP contribution is 2.40. The van der Waals surface area contributed by atoms with E-state index in [2.05, 4.69) is 19.4 Å². The zero-order chi connectivity index (χ0) is 19.9. The van der Waals surface area contributed by atoms with Crippen LogP contribution in [0.2, 0.25) is 5.02 Å². The predicted octanol–water partition coefficient (Wildman–Crippen LogP) is 2.64. The zero-order valence-corrected chi connectivity index (χ0v) is 19.5. The van der Waals surface area contributed by atoms with E-state index in [9.17, 15) is 4.79 Å². The summed E-state index contributed by atoms with van der Waals surface area (Å²) in [6, 6.07) is 14.8. The fraction of sp³-hybridized carbons (Fsp3) is 0.435. The van der Waals surface area contributed by atoms with Crippen LogP contribution in [0.1, 0.15) is 31.2 Å². The molecule has 0 radical (unpaired) electrons. The third kappa shape index (κ3) is 4.47. The standard InChI is InChI=1S/C23H27ClN2O2.BrH/c1-15-6-4-9-21(16-7-5-8-17(24)12-16)22(15)25-23(27)28-20-13-18-10-11-19(14-20)26(18,2)3;/h4-9,12,18-20H,10-11,13-14H2,1-3H3;1H/t18-,19+,20?;. The molecule has 2 aliphatic rings. The van der Waals surface area contributed by atoms with Crippen molar-refractivity contribution in [2.45, 2.75) is 50.8 Å². The van der Waals surface area contributed by atoms with E-state index in [1.807, 2.05) is 49.4 Å². The van der Waals surface area contributed by atoms with Gasteiger partial charge in [-0.05, 0) is 30.2 Å². The molecule has 2 heterocycles. The van der Waals surface area contributed by atoms with Crippen molar-refractivity contribution in [2.75, 3.05) is 19.4 Å². The van der Waals surface area contributed by atoms with E-state index in [0.717, 1.165) is 39.7 Å². The number of para-hydroxylation sites is 1. The molecule has 2 aliphatic heterocycles. The Morgan fingerprint density at radius 2 is 1.76 bits per heavy atom. The minimum Gasteiger partial charge on any atom is -1.00 e. The highest BCUT2D eigenvalue weighted by molar-refractivity contribution is 6.30. The fourth-order valence-electron chi connectivity index (χ4n) is 4.94. The van der Waals surface area contributed by atoms with Gasteiger partial charge in [-0.3, -0.25) is 5.32 Å². The summed E-state index contributed by atoms with van der Waals surface area (Å²) in [7, 11) is 4.62. The number of carbonyl (C=O) groups excluding carboxylic acids is 1. The van der Waals surface area contributed by atoms with Crippen molar-refractivity contribution >= 4 is 23.4 Å². The molecule has 2 aromatic rings. The number of rotatable bonds is 3. The number of piperidine rings is 1. The van der Waals surface area contributed by atoms with Gasteiger partial charge in [-0.25, -0.2) is 4.79 Å². The molecule has 1 N–H and O–H groups in total. The molecule has 1 amide bonds. The van der Waals surface area contributed by atoms with Gasteiger partial charge in [0.2, 0.25) is 0 Å². The molecule has 2 fully saturated rings. The molecule has 4 nitrogen and oxygen atoms in total. The van der Waals surface area contributed by atoms with E-state index in [-0.39, 0.29) is 29.2 Å². The molecule has 29 heavy (non-hydrogen) atoms. The lowest BCUT2D eigenvalue weighted by Crippen LogP contribution is -3.00. The van der Waals surface area contributed by atoms with Crippen LogP contribution < -0.4 is 22.3 Å². The van der Waals surface area contributed by atoms with Gasteiger partial charge in [0.25, 0.3) is 0 Å². The number of nitrogens with zero attached hydrogens (tertiary/aromatic N) is 1. The van der Waals surface area contributed by atoms with Crippen LogP contribution in [0.5, 0.6) is 0 Å². The third-order valence-electron chi connectivity index (χ3n) is 6.69. The lowest BCUT2D eigenvalue weighted by molar-refractivity contribution is -0.931.